The highest BCUT2D eigenvalue weighted by atomic mass is 32.2. The van der Waals surface area contributed by atoms with E-state index in [1.807, 2.05) is 0 Å². The van der Waals surface area contributed by atoms with Crippen LogP contribution in [0.2, 0.25) is 0 Å². The molecule has 1 rings (SSSR count). The van der Waals surface area contributed by atoms with Gasteiger partial charge in [0.25, 0.3) is 0 Å². The third-order valence-corrected chi connectivity index (χ3v) is 3.94. The lowest BCUT2D eigenvalue weighted by Gasteiger charge is -2.23. The Bertz CT molecular complexity index is 137. The van der Waals surface area contributed by atoms with E-state index in [4.69, 9.17) is 5.11 Å². The Labute approximate surface area is 91.9 Å². The number of rotatable bonds is 6. The van der Waals surface area contributed by atoms with E-state index in [0.29, 0.717) is 12.6 Å². The highest BCUT2D eigenvalue weighted by Crippen LogP contribution is 2.21. The highest BCUT2D eigenvalue weighted by Gasteiger charge is 2.13. The van der Waals surface area contributed by atoms with Crippen molar-refractivity contribution in [2.45, 2.75) is 38.6 Å². The number of hydrogen-bond donors (Lipinski definition) is 2. The van der Waals surface area contributed by atoms with Crippen LogP contribution in [-0.4, -0.2) is 35.8 Å². The standard InChI is InChI=1S/C11H23NOS/c1-10(3-2-6-13)12-9-11-4-7-14-8-5-11/h10-13H,2-9H2,1H3. The van der Waals surface area contributed by atoms with Crippen LogP contribution in [0.15, 0.2) is 0 Å². The first-order chi connectivity index (χ1) is 6.83. The zero-order valence-corrected chi connectivity index (χ0v) is 9.98. The molecule has 1 atom stereocenters. The summed E-state index contributed by atoms with van der Waals surface area (Å²) in [5.41, 5.74) is 0. The molecule has 1 aliphatic rings. The lowest BCUT2D eigenvalue weighted by atomic mass is 10.0. The van der Waals surface area contributed by atoms with Crippen molar-refractivity contribution in [1.29, 1.82) is 0 Å². The van der Waals surface area contributed by atoms with Crippen molar-refractivity contribution in [1.82, 2.24) is 5.32 Å². The summed E-state index contributed by atoms with van der Waals surface area (Å²) in [7, 11) is 0. The Morgan fingerprint density at radius 2 is 2.14 bits per heavy atom. The summed E-state index contributed by atoms with van der Waals surface area (Å²) >= 11 is 2.09. The zero-order chi connectivity index (χ0) is 10.2. The summed E-state index contributed by atoms with van der Waals surface area (Å²) < 4.78 is 0. The number of thioether (sulfide) groups is 1. The van der Waals surface area contributed by atoms with Gasteiger partial charge in [-0.2, -0.15) is 11.8 Å². The van der Waals surface area contributed by atoms with Crippen LogP contribution in [0.3, 0.4) is 0 Å². The van der Waals surface area contributed by atoms with Gasteiger partial charge in [0.05, 0.1) is 0 Å². The molecule has 1 aliphatic heterocycles. The Morgan fingerprint density at radius 3 is 2.79 bits per heavy atom. The molecule has 0 aromatic carbocycles. The molecule has 2 nitrogen and oxygen atoms in total. The van der Waals surface area contributed by atoms with Crippen molar-refractivity contribution in [3.8, 4) is 0 Å². The molecule has 0 radical (unpaired) electrons. The molecule has 0 aromatic rings. The molecule has 0 bridgehead atoms. The van der Waals surface area contributed by atoms with E-state index in [1.165, 1.54) is 30.9 Å². The lowest BCUT2D eigenvalue weighted by Crippen LogP contribution is -2.32. The van der Waals surface area contributed by atoms with Gasteiger partial charge in [-0.1, -0.05) is 0 Å². The Morgan fingerprint density at radius 1 is 1.43 bits per heavy atom. The third-order valence-electron chi connectivity index (χ3n) is 2.89. The first kappa shape index (κ1) is 12.3. The topological polar surface area (TPSA) is 32.3 Å². The van der Waals surface area contributed by atoms with Crippen molar-refractivity contribution >= 4 is 11.8 Å². The van der Waals surface area contributed by atoms with Crippen molar-refractivity contribution in [3.05, 3.63) is 0 Å². The first-order valence-electron chi connectivity index (χ1n) is 5.75. The molecule has 1 unspecified atom stereocenters. The maximum atomic E-state index is 8.70. The van der Waals surface area contributed by atoms with Crippen molar-refractivity contribution in [3.63, 3.8) is 0 Å². The summed E-state index contributed by atoms with van der Waals surface area (Å²) in [6, 6.07) is 0.566. The van der Waals surface area contributed by atoms with E-state index in [0.717, 1.165) is 18.8 Å². The summed E-state index contributed by atoms with van der Waals surface area (Å²) in [5, 5.41) is 12.3. The molecule has 0 aliphatic carbocycles. The number of hydrogen-bond acceptors (Lipinski definition) is 3. The minimum Gasteiger partial charge on any atom is -0.396 e. The highest BCUT2D eigenvalue weighted by molar-refractivity contribution is 7.99. The zero-order valence-electron chi connectivity index (χ0n) is 9.17. The minimum absolute atomic E-state index is 0.325. The molecule has 14 heavy (non-hydrogen) atoms. The normalized spacial score (nSPS) is 21.0. The molecule has 0 aromatic heterocycles. The van der Waals surface area contributed by atoms with Gasteiger partial charge in [-0.25, -0.2) is 0 Å². The maximum absolute atomic E-state index is 8.70. The Balaban J connectivity index is 2.00. The molecule has 0 amide bonds. The van der Waals surface area contributed by atoms with E-state index in [9.17, 15) is 0 Å². The van der Waals surface area contributed by atoms with Gasteiger partial charge in [0.2, 0.25) is 0 Å². The smallest absolute Gasteiger partial charge is 0.0431 e. The van der Waals surface area contributed by atoms with Crippen LogP contribution in [0.1, 0.15) is 32.6 Å². The van der Waals surface area contributed by atoms with Crippen LogP contribution in [0.5, 0.6) is 0 Å². The Kier molecular flexibility index (Phi) is 6.65. The van der Waals surface area contributed by atoms with Crippen molar-refractivity contribution in [2.24, 2.45) is 5.92 Å². The van der Waals surface area contributed by atoms with Crippen LogP contribution >= 0.6 is 11.8 Å². The lowest BCUT2D eigenvalue weighted by molar-refractivity contribution is 0.274. The summed E-state index contributed by atoms with van der Waals surface area (Å²) in [4.78, 5) is 0. The molecule has 1 saturated heterocycles. The molecule has 0 saturated carbocycles. The summed E-state index contributed by atoms with van der Waals surface area (Å²) in [5.74, 6) is 3.59. The van der Waals surface area contributed by atoms with Gasteiger partial charge in [0.1, 0.15) is 0 Å². The number of aliphatic hydroxyl groups is 1. The molecule has 0 spiro atoms. The van der Waals surface area contributed by atoms with Gasteiger partial charge in [-0.3, -0.25) is 0 Å². The van der Waals surface area contributed by atoms with Gasteiger partial charge in [0.15, 0.2) is 0 Å². The van der Waals surface area contributed by atoms with E-state index >= 15 is 0 Å². The second-order valence-corrected chi connectivity index (χ2v) is 5.46. The predicted octanol–water partition coefficient (Wildman–Crippen LogP) is 1.88. The maximum Gasteiger partial charge on any atom is 0.0431 e. The monoisotopic (exact) mass is 217 g/mol. The van der Waals surface area contributed by atoms with Crippen LogP contribution in [0, 0.1) is 5.92 Å². The largest absolute Gasteiger partial charge is 0.396 e. The van der Waals surface area contributed by atoms with Gasteiger partial charge < -0.3 is 10.4 Å². The van der Waals surface area contributed by atoms with Gasteiger partial charge in [-0.05, 0) is 56.6 Å². The average molecular weight is 217 g/mol. The van der Waals surface area contributed by atoms with Crippen molar-refractivity contribution in [2.75, 3.05) is 24.7 Å². The van der Waals surface area contributed by atoms with Crippen LogP contribution in [0.25, 0.3) is 0 Å². The van der Waals surface area contributed by atoms with E-state index < -0.39 is 0 Å². The fraction of sp³-hybridized carbons (Fsp3) is 1.00. The van der Waals surface area contributed by atoms with E-state index in [2.05, 4.69) is 24.0 Å². The third kappa shape index (κ3) is 5.23. The molecule has 3 heteroatoms. The van der Waals surface area contributed by atoms with Gasteiger partial charge in [0, 0.05) is 12.6 Å². The first-order valence-corrected chi connectivity index (χ1v) is 6.90. The number of aliphatic hydroxyl groups excluding tert-OH is 1. The SMILES string of the molecule is CC(CCCO)NCC1CCSCC1. The Hall–Kier alpha value is 0.270. The fourth-order valence-electron chi connectivity index (χ4n) is 1.82. The predicted molar refractivity (Wildman–Crippen MR) is 63.8 cm³/mol. The van der Waals surface area contributed by atoms with E-state index in [-0.39, 0.29) is 0 Å². The van der Waals surface area contributed by atoms with Crippen LogP contribution in [0.4, 0.5) is 0 Å². The molecular weight excluding hydrogens is 194 g/mol. The van der Waals surface area contributed by atoms with Crippen molar-refractivity contribution < 1.29 is 5.11 Å². The second-order valence-electron chi connectivity index (χ2n) is 4.23. The average Bonchev–Trinajstić information content (AvgIpc) is 2.25. The van der Waals surface area contributed by atoms with Crippen LogP contribution < -0.4 is 5.32 Å². The fourth-order valence-corrected chi connectivity index (χ4v) is 3.02. The second kappa shape index (κ2) is 7.55. The molecule has 1 fully saturated rings. The van der Waals surface area contributed by atoms with E-state index in [1.54, 1.807) is 0 Å². The molecule has 1 heterocycles. The van der Waals surface area contributed by atoms with Gasteiger partial charge in [-0.15, -0.1) is 0 Å². The summed E-state index contributed by atoms with van der Waals surface area (Å²) in [6.45, 7) is 3.71. The number of nitrogens with one attached hydrogen (secondary N) is 1. The molecule has 84 valence electrons. The quantitative estimate of drug-likeness (QED) is 0.712. The molecule has 2 N–H and O–H groups in total. The van der Waals surface area contributed by atoms with Crippen LogP contribution in [-0.2, 0) is 0 Å². The molecular formula is C11H23NOS. The van der Waals surface area contributed by atoms with Gasteiger partial charge >= 0.3 is 0 Å². The summed E-state index contributed by atoms with van der Waals surface area (Å²) in [6.07, 6.45) is 4.78. The minimum atomic E-state index is 0.325.